The molecule has 1 aromatic carbocycles. The van der Waals surface area contributed by atoms with Crippen molar-refractivity contribution in [2.75, 3.05) is 6.61 Å². The molecule has 0 aliphatic heterocycles. The number of nitrogens with one attached hydrogen (secondary N) is 1. The molecule has 1 N–H and O–H groups in total. The lowest BCUT2D eigenvalue weighted by atomic mass is 10.1. The van der Waals surface area contributed by atoms with Crippen LogP contribution in [0.5, 0.6) is 5.75 Å². The first-order valence-corrected chi connectivity index (χ1v) is 7.55. The van der Waals surface area contributed by atoms with E-state index in [0.29, 0.717) is 6.04 Å². The van der Waals surface area contributed by atoms with Crippen LogP contribution in [0.4, 0.5) is 0 Å². The largest absolute Gasteiger partial charge is 0.494 e. The van der Waals surface area contributed by atoms with Gasteiger partial charge in [0.15, 0.2) is 0 Å². The van der Waals surface area contributed by atoms with E-state index in [9.17, 15) is 0 Å². The van der Waals surface area contributed by atoms with Crippen molar-refractivity contribution in [1.82, 2.24) is 15.1 Å². The Kier molecular flexibility index (Phi) is 5.39. The predicted octanol–water partition coefficient (Wildman–Crippen LogP) is 3.37. The van der Waals surface area contributed by atoms with Gasteiger partial charge in [-0.25, -0.2) is 0 Å². The van der Waals surface area contributed by atoms with E-state index >= 15 is 0 Å². The summed E-state index contributed by atoms with van der Waals surface area (Å²) in [7, 11) is 1.95. The molecule has 0 saturated carbocycles. The number of hydrogen-bond acceptors (Lipinski definition) is 3. The maximum absolute atomic E-state index is 5.61. The highest BCUT2D eigenvalue weighted by Crippen LogP contribution is 2.18. The van der Waals surface area contributed by atoms with Gasteiger partial charge in [-0.05, 0) is 38.0 Å². The van der Waals surface area contributed by atoms with Crippen molar-refractivity contribution in [2.24, 2.45) is 7.05 Å². The predicted molar refractivity (Wildman–Crippen MR) is 85.4 cm³/mol. The van der Waals surface area contributed by atoms with Crippen molar-refractivity contribution in [3.05, 3.63) is 47.3 Å². The van der Waals surface area contributed by atoms with Crippen LogP contribution >= 0.6 is 0 Å². The second-order valence-corrected chi connectivity index (χ2v) is 5.43. The van der Waals surface area contributed by atoms with Gasteiger partial charge in [0.2, 0.25) is 0 Å². The molecule has 21 heavy (non-hydrogen) atoms. The van der Waals surface area contributed by atoms with Crippen molar-refractivity contribution in [1.29, 1.82) is 0 Å². The van der Waals surface area contributed by atoms with E-state index < -0.39 is 0 Å². The summed E-state index contributed by atoms with van der Waals surface area (Å²) in [6.45, 7) is 7.93. The fraction of sp³-hybridized carbons (Fsp3) is 0.471. The second-order valence-electron chi connectivity index (χ2n) is 5.43. The van der Waals surface area contributed by atoms with E-state index in [2.05, 4.69) is 42.6 Å². The second kappa shape index (κ2) is 7.27. The van der Waals surface area contributed by atoms with E-state index in [4.69, 9.17) is 4.74 Å². The number of nitrogens with zero attached hydrogens (tertiary/aromatic N) is 2. The van der Waals surface area contributed by atoms with Crippen LogP contribution in [0.1, 0.15) is 43.1 Å². The Morgan fingerprint density at radius 3 is 2.57 bits per heavy atom. The van der Waals surface area contributed by atoms with Crippen molar-refractivity contribution in [3.8, 4) is 5.75 Å². The molecule has 0 aliphatic rings. The van der Waals surface area contributed by atoms with Crippen LogP contribution in [0.3, 0.4) is 0 Å². The van der Waals surface area contributed by atoms with Gasteiger partial charge in [0, 0.05) is 31.4 Å². The van der Waals surface area contributed by atoms with E-state index in [1.54, 1.807) is 0 Å². The molecular weight excluding hydrogens is 262 g/mol. The van der Waals surface area contributed by atoms with E-state index in [1.807, 2.05) is 30.8 Å². The van der Waals surface area contributed by atoms with Crippen LogP contribution in [0, 0.1) is 6.92 Å². The fourth-order valence-electron chi connectivity index (χ4n) is 2.28. The minimum Gasteiger partial charge on any atom is -0.494 e. The summed E-state index contributed by atoms with van der Waals surface area (Å²) in [6, 6.07) is 8.62. The molecule has 0 radical (unpaired) electrons. The standard InChI is InChI=1S/C17H25N3O/c1-5-10-21-17-8-6-15(7-9-17)13(2)18-11-16-12-20(4)19-14(16)3/h6-9,12-13,18H,5,10-11H2,1-4H3. The summed E-state index contributed by atoms with van der Waals surface area (Å²) in [4.78, 5) is 0. The molecule has 4 heteroatoms. The molecule has 0 fully saturated rings. The highest BCUT2D eigenvalue weighted by Gasteiger charge is 2.08. The third kappa shape index (κ3) is 4.33. The summed E-state index contributed by atoms with van der Waals surface area (Å²) >= 11 is 0. The number of benzene rings is 1. The number of ether oxygens (including phenoxy) is 1. The average Bonchev–Trinajstić information content (AvgIpc) is 2.81. The lowest BCUT2D eigenvalue weighted by Gasteiger charge is -2.14. The van der Waals surface area contributed by atoms with Gasteiger partial charge >= 0.3 is 0 Å². The van der Waals surface area contributed by atoms with Gasteiger partial charge < -0.3 is 10.1 Å². The molecule has 1 atom stereocenters. The monoisotopic (exact) mass is 287 g/mol. The lowest BCUT2D eigenvalue weighted by molar-refractivity contribution is 0.317. The molecule has 0 bridgehead atoms. The Bertz CT molecular complexity index is 560. The third-order valence-corrected chi connectivity index (χ3v) is 3.57. The van der Waals surface area contributed by atoms with Crippen molar-refractivity contribution >= 4 is 0 Å². The quantitative estimate of drug-likeness (QED) is 0.848. The summed E-state index contributed by atoms with van der Waals surface area (Å²) in [5.74, 6) is 0.941. The minimum atomic E-state index is 0.296. The van der Waals surface area contributed by atoms with E-state index in [-0.39, 0.29) is 0 Å². The Morgan fingerprint density at radius 2 is 2.00 bits per heavy atom. The molecular formula is C17H25N3O. The first-order valence-electron chi connectivity index (χ1n) is 7.55. The van der Waals surface area contributed by atoms with Gasteiger partial charge in [0.25, 0.3) is 0 Å². The van der Waals surface area contributed by atoms with Gasteiger partial charge in [-0.15, -0.1) is 0 Å². The van der Waals surface area contributed by atoms with Crippen molar-refractivity contribution in [3.63, 3.8) is 0 Å². The lowest BCUT2D eigenvalue weighted by Crippen LogP contribution is -2.18. The van der Waals surface area contributed by atoms with Crippen molar-refractivity contribution < 1.29 is 4.74 Å². The molecule has 1 heterocycles. The Morgan fingerprint density at radius 1 is 1.29 bits per heavy atom. The van der Waals surface area contributed by atoms with Gasteiger partial charge in [-0.1, -0.05) is 19.1 Å². The maximum atomic E-state index is 5.61. The fourth-order valence-corrected chi connectivity index (χ4v) is 2.28. The van der Waals surface area contributed by atoms with Crippen LogP contribution in [-0.4, -0.2) is 16.4 Å². The summed E-state index contributed by atoms with van der Waals surface area (Å²) in [5, 5.41) is 7.90. The highest BCUT2D eigenvalue weighted by atomic mass is 16.5. The van der Waals surface area contributed by atoms with Crippen LogP contribution < -0.4 is 10.1 Å². The smallest absolute Gasteiger partial charge is 0.119 e. The number of rotatable bonds is 7. The zero-order valence-electron chi connectivity index (χ0n) is 13.4. The summed E-state index contributed by atoms with van der Waals surface area (Å²) in [5.41, 5.74) is 3.59. The Balaban J connectivity index is 1.90. The number of hydrogen-bond donors (Lipinski definition) is 1. The average molecular weight is 287 g/mol. The highest BCUT2D eigenvalue weighted by molar-refractivity contribution is 5.29. The number of aryl methyl sites for hydroxylation is 2. The summed E-state index contributed by atoms with van der Waals surface area (Å²) in [6.07, 6.45) is 3.10. The SMILES string of the molecule is CCCOc1ccc(C(C)NCc2cn(C)nc2C)cc1. The molecule has 1 aromatic heterocycles. The van der Waals surface area contributed by atoms with Gasteiger partial charge in [0.1, 0.15) is 5.75 Å². The molecule has 2 rings (SSSR count). The topological polar surface area (TPSA) is 39.1 Å². The molecule has 0 spiro atoms. The Hall–Kier alpha value is -1.81. The first-order chi connectivity index (χ1) is 10.1. The summed E-state index contributed by atoms with van der Waals surface area (Å²) < 4.78 is 7.46. The van der Waals surface area contributed by atoms with Crippen LogP contribution in [0.15, 0.2) is 30.5 Å². The van der Waals surface area contributed by atoms with Crippen LogP contribution in [-0.2, 0) is 13.6 Å². The molecule has 0 amide bonds. The van der Waals surface area contributed by atoms with Gasteiger partial charge in [-0.2, -0.15) is 5.10 Å². The normalized spacial score (nSPS) is 12.4. The van der Waals surface area contributed by atoms with Gasteiger partial charge in [0.05, 0.1) is 12.3 Å². The molecule has 2 aromatic rings. The molecule has 114 valence electrons. The molecule has 4 nitrogen and oxygen atoms in total. The first kappa shape index (κ1) is 15.6. The van der Waals surface area contributed by atoms with E-state index in [1.165, 1.54) is 11.1 Å². The third-order valence-electron chi connectivity index (χ3n) is 3.57. The zero-order chi connectivity index (χ0) is 15.2. The zero-order valence-corrected chi connectivity index (χ0v) is 13.4. The van der Waals surface area contributed by atoms with E-state index in [0.717, 1.165) is 31.0 Å². The Labute approximate surface area is 127 Å². The van der Waals surface area contributed by atoms with Crippen LogP contribution in [0.25, 0.3) is 0 Å². The minimum absolute atomic E-state index is 0.296. The molecule has 0 saturated heterocycles. The molecule has 0 aliphatic carbocycles. The van der Waals surface area contributed by atoms with Crippen LogP contribution in [0.2, 0.25) is 0 Å². The van der Waals surface area contributed by atoms with Crippen molar-refractivity contribution in [2.45, 2.75) is 39.8 Å². The molecule has 1 unspecified atom stereocenters. The number of aromatic nitrogens is 2. The maximum Gasteiger partial charge on any atom is 0.119 e. The van der Waals surface area contributed by atoms with Gasteiger partial charge in [-0.3, -0.25) is 4.68 Å².